The Morgan fingerprint density at radius 2 is 2.04 bits per heavy atom. The van der Waals surface area contributed by atoms with E-state index in [1.54, 1.807) is 24.2 Å². The Labute approximate surface area is 164 Å². The van der Waals surface area contributed by atoms with Crippen LogP contribution in [0.15, 0.2) is 41.1 Å². The number of H-pyrrole nitrogens is 1. The first kappa shape index (κ1) is 18.4. The van der Waals surface area contributed by atoms with Crippen molar-refractivity contribution >= 4 is 28.1 Å². The van der Waals surface area contributed by atoms with E-state index in [9.17, 15) is 0 Å². The number of hydrogen-bond donors (Lipinski definition) is 2. The van der Waals surface area contributed by atoms with Gasteiger partial charge in [0, 0.05) is 22.4 Å². The summed E-state index contributed by atoms with van der Waals surface area (Å²) in [5.74, 6) is 2.06. The molecule has 0 spiro atoms. The molecule has 2 aromatic heterocycles. The molecule has 9 heteroatoms. The van der Waals surface area contributed by atoms with E-state index in [-0.39, 0.29) is 0 Å². The summed E-state index contributed by atoms with van der Waals surface area (Å²) in [5.41, 5.74) is 5.20. The number of hydrogen-bond acceptors (Lipinski definition) is 6. The first-order chi connectivity index (χ1) is 12.6. The minimum atomic E-state index is 0.478. The molecule has 136 valence electrons. The standard InChI is InChI=1S/C17H18BrN5O2S/c1-3-25-15-8-12(13(18)9-14(15)24-2)10-20-23-16(21-22-17(23)26)11-4-6-19-7-5-11/h4-9,20H,3,10H2,1-2H3,(H,22,26). The Morgan fingerprint density at radius 3 is 2.73 bits per heavy atom. The van der Waals surface area contributed by atoms with Crippen molar-refractivity contribution in [1.29, 1.82) is 0 Å². The number of halogens is 1. The number of ether oxygens (including phenoxy) is 2. The number of aromatic amines is 1. The van der Waals surface area contributed by atoms with Gasteiger partial charge in [0.15, 0.2) is 17.3 Å². The zero-order valence-corrected chi connectivity index (χ0v) is 16.7. The lowest BCUT2D eigenvalue weighted by Crippen LogP contribution is -2.16. The third kappa shape index (κ3) is 3.88. The topological polar surface area (TPSA) is 77.0 Å². The molecule has 0 aliphatic rings. The highest BCUT2D eigenvalue weighted by atomic mass is 79.9. The number of aromatic nitrogens is 4. The Hall–Kier alpha value is -2.39. The molecule has 0 unspecified atom stereocenters. The fraction of sp³-hybridized carbons (Fsp3) is 0.235. The zero-order valence-electron chi connectivity index (χ0n) is 14.3. The number of rotatable bonds is 7. The van der Waals surface area contributed by atoms with Crippen LogP contribution in [0.4, 0.5) is 0 Å². The molecular formula is C17H18BrN5O2S. The highest BCUT2D eigenvalue weighted by Gasteiger charge is 2.12. The molecule has 0 aliphatic heterocycles. The average Bonchev–Trinajstić information content (AvgIpc) is 3.03. The lowest BCUT2D eigenvalue weighted by atomic mass is 10.2. The summed E-state index contributed by atoms with van der Waals surface area (Å²) in [7, 11) is 1.62. The van der Waals surface area contributed by atoms with Crippen LogP contribution in [0.2, 0.25) is 0 Å². The van der Waals surface area contributed by atoms with Crippen molar-refractivity contribution in [1.82, 2.24) is 19.9 Å². The largest absolute Gasteiger partial charge is 0.493 e. The van der Waals surface area contributed by atoms with Crippen molar-refractivity contribution in [3.8, 4) is 22.9 Å². The molecule has 0 aliphatic carbocycles. The van der Waals surface area contributed by atoms with Crippen LogP contribution in [0.3, 0.4) is 0 Å². The van der Waals surface area contributed by atoms with Crippen LogP contribution < -0.4 is 14.9 Å². The Balaban J connectivity index is 1.87. The van der Waals surface area contributed by atoms with E-state index in [4.69, 9.17) is 21.7 Å². The molecule has 0 saturated carbocycles. The molecule has 0 amide bonds. The summed E-state index contributed by atoms with van der Waals surface area (Å²) in [6.07, 6.45) is 3.43. The van der Waals surface area contributed by atoms with E-state index in [2.05, 4.69) is 36.5 Å². The Morgan fingerprint density at radius 1 is 1.27 bits per heavy atom. The first-order valence-corrected chi connectivity index (χ1v) is 9.15. The van der Waals surface area contributed by atoms with Crippen LogP contribution in [0.1, 0.15) is 12.5 Å². The van der Waals surface area contributed by atoms with E-state index < -0.39 is 0 Å². The van der Waals surface area contributed by atoms with Crippen molar-refractivity contribution in [3.63, 3.8) is 0 Å². The van der Waals surface area contributed by atoms with Crippen molar-refractivity contribution in [2.45, 2.75) is 13.5 Å². The van der Waals surface area contributed by atoms with Gasteiger partial charge in [-0.15, -0.1) is 0 Å². The van der Waals surface area contributed by atoms with Crippen LogP contribution in [-0.4, -0.2) is 33.6 Å². The quantitative estimate of drug-likeness (QED) is 0.547. The van der Waals surface area contributed by atoms with Gasteiger partial charge in [-0.05, 0) is 49.0 Å². The molecule has 7 nitrogen and oxygen atoms in total. The van der Waals surface area contributed by atoms with Gasteiger partial charge in [-0.25, -0.2) is 9.77 Å². The van der Waals surface area contributed by atoms with Crippen LogP contribution >= 0.6 is 28.1 Å². The second kappa shape index (κ2) is 8.33. The minimum absolute atomic E-state index is 0.478. The molecule has 2 heterocycles. The zero-order chi connectivity index (χ0) is 18.5. The van der Waals surface area contributed by atoms with Gasteiger partial charge in [0.1, 0.15) is 0 Å². The van der Waals surface area contributed by atoms with Gasteiger partial charge in [0.05, 0.1) is 20.3 Å². The molecule has 3 rings (SSSR count). The van der Waals surface area contributed by atoms with E-state index in [0.717, 1.165) is 15.6 Å². The summed E-state index contributed by atoms with van der Waals surface area (Å²) in [6.45, 7) is 3.01. The van der Waals surface area contributed by atoms with Gasteiger partial charge in [0.2, 0.25) is 4.77 Å². The molecule has 1 aromatic carbocycles. The maximum atomic E-state index is 5.65. The smallest absolute Gasteiger partial charge is 0.214 e. The second-order valence-electron chi connectivity index (χ2n) is 5.29. The van der Waals surface area contributed by atoms with Crippen LogP contribution in [0.5, 0.6) is 11.5 Å². The van der Waals surface area contributed by atoms with Crippen molar-refractivity contribution < 1.29 is 9.47 Å². The lowest BCUT2D eigenvalue weighted by Gasteiger charge is -2.15. The summed E-state index contributed by atoms with van der Waals surface area (Å²) < 4.78 is 14.1. The summed E-state index contributed by atoms with van der Waals surface area (Å²) in [5, 5.41) is 7.11. The summed E-state index contributed by atoms with van der Waals surface area (Å²) in [4.78, 5) is 4.03. The molecular weight excluding hydrogens is 418 g/mol. The number of nitrogens with zero attached hydrogens (tertiary/aromatic N) is 3. The van der Waals surface area contributed by atoms with E-state index in [1.807, 2.05) is 31.2 Å². The van der Waals surface area contributed by atoms with Gasteiger partial charge in [-0.1, -0.05) is 15.9 Å². The highest BCUT2D eigenvalue weighted by molar-refractivity contribution is 9.10. The van der Waals surface area contributed by atoms with Gasteiger partial charge >= 0.3 is 0 Å². The fourth-order valence-corrected chi connectivity index (χ4v) is 3.10. The molecule has 3 aromatic rings. The second-order valence-corrected chi connectivity index (χ2v) is 6.53. The van der Waals surface area contributed by atoms with Gasteiger partial charge in [-0.3, -0.25) is 4.98 Å². The molecule has 0 fully saturated rings. The average molecular weight is 436 g/mol. The fourth-order valence-electron chi connectivity index (χ4n) is 2.44. The predicted octanol–water partition coefficient (Wildman–Crippen LogP) is 3.92. The molecule has 26 heavy (non-hydrogen) atoms. The molecule has 0 bridgehead atoms. The van der Waals surface area contributed by atoms with Crippen molar-refractivity contribution in [3.05, 3.63) is 51.5 Å². The Bertz CT molecular complexity index is 942. The summed E-state index contributed by atoms with van der Waals surface area (Å²) >= 11 is 8.92. The molecule has 0 atom stereocenters. The normalized spacial score (nSPS) is 10.6. The molecule has 0 saturated heterocycles. The van der Waals surface area contributed by atoms with Gasteiger partial charge < -0.3 is 14.9 Å². The molecule has 0 radical (unpaired) electrons. The van der Waals surface area contributed by atoms with Gasteiger partial charge in [0.25, 0.3) is 0 Å². The van der Waals surface area contributed by atoms with E-state index >= 15 is 0 Å². The number of nitrogens with one attached hydrogen (secondary N) is 2. The predicted molar refractivity (Wildman–Crippen MR) is 106 cm³/mol. The van der Waals surface area contributed by atoms with Crippen LogP contribution in [-0.2, 0) is 6.54 Å². The highest BCUT2D eigenvalue weighted by Crippen LogP contribution is 2.33. The third-order valence-electron chi connectivity index (χ3n) is 3.67. The van der Waals surface area contributed by atoms with Gasteiger partial charge in [-0.2, -0.15) is 5.10 Å². The third-order valence-corrected chi connectivity index (χ3v) is 4.68. The summed E-state index contributed by atoms with van der Waals surface area (Å²) in [6, 6.07) is 7.58. The minimum Gasteiger partial charge on any atom is -0.493 e. The van der Waals surface area contributed by atoms with E-state index in [0.29, 0.717) is 35.2 Å². The molecule has 2 N–H and O–H groups in total. The van der Waals surface area contributed by atoms with Crippen LogP contribution in [0.25, 0.3) is 11.4 Å². The lowest BCUT2D eigenvalue weighted by molar-refractivity contribution is 0.310. The number of methoxy groups -OCH3 is 1. The van der Waals surface area contributed by atoms with Crippen LogP contribution in [0, 0.1) is 4.77 Å². The number of pyridine rings is 1. The number of benzene rings is 1. The van der Waals surface area contributed by atoms with E-state index in [1.165, 1.54) is 0 Å². The SMILES string of the molecule is CCOc1cc(CNn2c(-c3ccncc3)n[nH]c2=S)c(Br)cc1OC. The van der Waals surface area contributed by atoms with Crippen molar-refractivity contribution in [2.75, 3.05) is 19.1 Å². The maximum absolute atomic E-state index is 5.65. The maximum Gasteiger partial charge on any atom is 0.214 e. The first-order valence-electron chi connectivity index (χ1n) is 7.95. The monoisotopic (exact) mass is 435 g/mol. The van der Waals surface area contributed by atoms with Crippen molar-refractivity contribution in [2.24, 2.45) is 0 Å². The Kier molecular flexibility index (Phi) is 5.89.